The van der Waals surface area contributed by atoms with Crippen LogP contribution in [0.4, 0.5) is 22.0 Å². The van der Waals surface area contributed by atoms with Crippen molar-refractivity contribution >= 4 is 28.5 Å². The predicted octanol–water partition coefficient (Wildman–Crippen LogP) is 2.63. The number of nitrogens with zero attached hydrogens (tertiary/aromatic N) is 8. The summed E-state index contributed by atoms with van der Waals surface area (Å²) in [5.41, 5.74) is 2.34. The molecule has 11 nitrogen and oxygen atoms in total. The van der Waals surface area contributed by atoms with Crippen molar-refractivity contribution in [2.45, 2.75) is 18.9 Å². The van der Waals surface area contributed by atoms with Crippen molar-refractivity contribution in [2.24, 2.45) is 0 Å². The molecule has 0 amide bonds. The van der Waals surface area contributed by atoms with Gasteiger partial charge in [-0.3, -0.25) is 4.68 Å². The lowest BCUT2D eigenvalue weighted by molar-refractivity contribution is 0.122. The number of likely N-dealkylation sites (tertiary alicyclic amines) is 1. The van der Waals surface area contributed by atoms with Crippen LogP contribution < -0.4 is 10.2 Å². The van der Waals surface area contributed by atoms with Gasteiger partial charge in [-0.15, -0.1) is 0 Å². The van der Waals surface area contributed by atoms with Crippen molar-refractivity contribution in [3.63, 3.8) is 0 Å². The number of β-amino-alcohol motifs (C(OH)–C–C–N with tert-alkyl or cyclic N) is 1. The monoisotopic (exact) mass is 519 g/mol. The van der Waals surface area contributed by atoms with Crippen molar-refractivity contribution in [3.05, 3.63) is 48.8 Å². The van der Waals surface area contributed by atoms with E-state index in [1.54, 1.807) is 12.4 Å². The Balaban J connectivity index is 1.17. The minimum absolute atomic E-state index is 0.184. The first-order chi connectivity index (χ1) is 18.7. The summed E-state index contributed by atoms with van der Waals surface area (Å²) in [6, 6.07) is 5.82. The molecule has 4 aromatic rings. The minimum atomic E-state index is -0.508. The van der Waals surface area contributed by atoms with E-state index in [1.165, 1.54) is 6.20 Å². The van der Waals surface area contributed by atoms with Crippen molar-refractivity contribution in [1.82, 2.24) is 34.6 Å². The molecule has 2 fully saturated rings. The van der Waals surface area contributed by atoms with Gasteiger partial charge in [-0.2, -0.15) is 5.10 Å². The van der Waals surface area contributed by atoms with Crippen LogP contribution in [0.25, 0.3) is 22.2 Å². The van der Waals surface area contributed by atoms with Gasteiger partial charge in [-0.25, -0.2) is 24.3 Å². The average Bonchev–Trinajstić information content (AvgIpc) is 3.43. The Morgan fingerprint density at radius 3 is 2.68 bits per heavy atom. The third kappa shape index (κ3) is 5.28. The van der Waals surface area contributed by atoms with E-state index in [0.717, 1.165) is 55.6 Å². The zero-order chi connectivity index (χ0) is 25.9. The molecule has 0 unspecified atom stereocenters. The van der Waals surface area contributed by atoms with E-state index >= 15 is 0 Å². The number of rotatable bonds is 7. The summed E-state index contributed by atoms with van der Waals surface area (Å²) in [7, 11) is 0. The molecule has 0 radical (unpaired) electrons. The van der Waals surface area contributed by atoms with Crippen molar-refractivity contribution < 1.29 is 14.2 Å². The van der Waals surface area contributed by atoms with Gasteiger partial charge in [0, 0.05) is 56.1 Å². The average molecular weight is 520 g/mol. The summed E-state index contributed by atoms with van der Waals surface area (Å²) < 4.78 is 22.2. The molecule has 198 valence electrons. The van der Waals surface area contributed by atoms with Gasteiger partial charge < -0.3 is 25.0 Å². The number of fused-ring (bicyclic) bond motifs is 1. The first-order valence-corrected chi connectivity index (χ1v) is 12.9. The summed E-state index contributed by atoms with van der Waals surface area (Å²) >= 11 is 0. The summed E-state index contributed by atoms with van der Waals surface area (Å²) in [6.45, 7) is 5.60. The van der Waals surface area contributed by atoms with E-state index in [0.29, 0.717) is 37.3 Å². The van der Waals surface area contributed by atoms with Crippen molar-refractivity contribution in [3.8, 4) is 11.3 Å². The third-order valence-electron chi connectivity index (χ3n) is 7.08. The summed E-state index contributed by atoms with van der Waals surface area (Å²) in [6.07, 6.45) is 8.53. The number of morpholine rings is 1. The lowest BCUT2D eigenvalue weighted by Crippen LogP contribution is -2.37. The zero-order valence-corrected chi connectivity index (χ0v) is 21.0. The highest BCUT2D eigenvalue weighted by atomic mass is 19.1. The Morgan fingerprint density at radius 1 is 1.03 bits per heavy atom. The van der Waals surface area contributed by atoms with Gasteiger partial charge in [0.15, 0.2) is 5.82 Å². The maximum Gasteiger partial charge on any atom is 0.228 e. The standard InChI is InChI=1S/C26H30FN9O2/c27-22-16-28-25(31-20-15-30-36(17-20)21-3-5-34(6-4-21)7-10-37)33-24(22)18-1-2-23-19(13-18)14-29-26(32-23)35-8-11-38-12-9-35/h1-2,13-17,21,37H,3-12H2,(H,28,31,33). The minimum Gasteiger partial charge on any atom is -0.395 e. The number of piperidine rings is 1. The van der Waals surface area contributed by atoms with E-state index in [9.17, 15) is 4.39 Å². The van der Waals surface area contributed by atoms with Crippen LogP contribution in [-0.4, -0.2) is 92.3 Å². The molecular formula is C26H30FN9O2. The Bertz CT molecular complexity index is 1400. The van der Waals surface area contributed by atoms with Gasteiger partial charge in [0.05, 0.1) is 49.5 Å². The van der Waals surface area contributed by atoms with Crippen LogP contribution in [0.3, 0.4) is 0 Å². The maximum atomic E-state index is 14.8. The van der Waals surface area contributed by atoms with Crippen molar-refractivity contribution in [1.29, 1.82) is 0 Å². The Hall–Kier alpha value is -3.74. The number of nitrogens with one attached hydrogen (secondary N) is 1. The fraction of sp³-hybridized carbons (Fsp3) is 0.423. The van der Waals surface area contributed by atoms with Gasteiger partial charge in [0.1, 0.15) is 5.69 Å². The van der Waals surface area contributed by atoms with Gasteiger partial charge in [-0.1, -0.05) is 6.07 Å². The summed E-state index contributed by atoms with van der Waals surface area (Å²) in [4.78, 5) is 22.1. The normalized spacial score (nSPS) is 17.3. The maximum absolute atomic E-state index is 14.8. The lowest BCUT2D eigenvalue weighted by atomic mass is 10.1. The molecule has 3 aromatic heterocycles. The molecule has 6 rings (SSSR count). The van der Waals surface area contributed by atoms with Crippen LogP contribution in [0, 0.1) is 5.82 Å². The van der Waals surface area contributed by atoms with E-state index in [2.05, 4.69) is 40.2 Å². The Labute approximate surface area is 219 Å². The van der Waals surface area contributed by atoms with E-state index < -0.39 is 5.82 Å². The van der Waals surface area contributed by atoms with Gasteiger partial charge >= 0.3 is 0 Å². The molecule has 2 N–H and O–H groups in total. The number of halogens is 1. The van der Waals surface area contributed by atoms with Crippen LogP contribution >= 0.6 is 0 Å². The second-order valence-corrected chi connectivity index (χ2v) is 9.56. The number of hydrogen-bond acceptors (Lipinski definition) is 10. The fourth-order valence-corrected chi connectivity index (χ4v) is 5.00. The van der Waals surface area contributed by atoms with Crippen LogP contribution in [0.15, 0.2) is 43.0 Å². The van der Waals surface area contributed by atoms with Crippen LogP contribution in [0.5, 0.6) is 0 Å². The quantitative estimate of drug-likeness (QED) is 0.377. The first kappa shape index (κ1) is 24.6. The number of anilines is 3. The highest BCUT2D eigenvalue weighted by Gasteiger charge is 2.21. The highest BCUT2D eigenvalue weighted by molar-refractivity contribution is 5.84. The third-order valence-corrected chi connectivity index (χ3v) is 7.08. The Kier molecular flexibility index (Phi) is 7.08. The number of benzene rings is 1. The first-order valence-electron chi connectivity index (χ1n) is 12.9. The van der Waals surface area contributed by atoms with Crippen molar-refractivity contribution in [2.75, 3.05) is 62.8 Å². The predicted molar refractivity (Wildman–Crippen MR) is 141 cm³/mol. The fourth-order valence-electron chi connectivity index (χ4n) is 5.00. The number of hydrogen-bond donors (Lipinski definition) is 2. The van der Waals surface area contributed by atoms with Crippen LogP contribution in [0.1, 0.15) is 18.9 Å². The van der Waals surface area contributed by atoms with Gasteiger partial charge in [0.25, 0.3) is 0 Å². The van der Waals surface area contributed by atoms with Crippen LogP contribution in [0.2, 0.25) is 0 Å². The largest absolute Gasteiger partial charge is 0.395 e. The molecule has 12 heteroatoms. The van der Waals surface area contributed by atoms with Gasteiger partial charge in [0.2, 0.25) is 11.9 Å². The second kappa shape index (κ2) is 10.9. The molecule has 2 saturated heterocycles. The Morgan fingerprint density at radius 2 is 1.87 bits per heavy atom. The zero-order valence-electron chi connectivity index (χ0n) is 21.0. The molecule has 38 heavy (non-hydrogen) atoms. The molecule has 0 atom stereocenters. The number of aliphatic hydroxyl groups is 1. The number of aromatic nitrogens is 6. The molecule has 0 spiro atoms. The molecule has 1 aromatic carbocycles. The smallest absolute Gasteiger partial charge is 0.228 e. The molecule has 5 heterocycles. The topological polar surface area (TPSA) is 117 Å². The molecular weight excluding hydrogens is 489 g/mol. The lowest BCUT2D eigenvalue weighted by Gasteiger charge is -2.31. The van der Waals surface area contributed by atoms with E-state index in [-0.39, 0.29) is 18.2 Å². The van der Waals surface area contributed by atoms with Crippen LogP contribution in [-0.2, 0) is 4.74 Å². The number of aliphatic hydroxyl groups excluding tert-OH is 1. The highest BCUT2D eigenvalue weighted by Crippen LogP contribution is 2.27. The number of ether oxygens (including phenoxy) is 1. The summed E-state index contributed by atoms with van der Waals surface area (Å²) in [5.74, 6) is 0.452. The van der Waals surface area contributed by atoms with E-state index in [1.807, 2.05) is 29.1 Å². The summed E-state index contributed by atoms with van der Waals surface area (Å²) in [5, 5.41) is 17.6. The van der Waals surface area contributed by atoms with Gasteiger partial charge in [-0.05, 0) is 25.0 Å². The molecule has 0 aliphatic carbocycles. The molecule has 0 saturated carbocycles. The van der Waals surface area contributed by atoms with E-state index in [4.69, 9.17) is 9.84 Å². The molecule has 2 aliphatic heterocycles. The molecule has 0 bridgehead atoms. The second-order valence-electron chi connectivity index (χ2n) is 9.56. The molecule has 2 aliphatic rings. The SMILES string of the molecule is OCCN1CCC(n2cc(Nc3ncc(F)c(-c4ccc5nc(N6CCOCC6)ncc5c4)n3)cn2)CC1.